The highest BCUT2D eigenvalue weighted by atomic mass is 32.2. The molecule has 0 aliphatic rings. The Morgan fingerprint density at radius 2 is 1.83 bits per heavy atom. The number of primary amides is 1. The number of amides is 3. The average molecular weight is 419 g/mol. The minimum absolute atomic E-state index is 0.288. The molecule has 4 aromatic rings. The Balaban J connectivity index is 1.44. The summed E-state index contributed by atoms with van der Waals surface area (Å²) in [6, 6.07) is 13.4. The molecular formula is C20H17N7O2S. The third-order valence-corrected chi connectivity index (χ3v) is 5.24. The predicted molar refractivity (Wildman–Crippen MR) is 115 cm³/mol. The van der Waals surface area contributed by atoms with Crippen LogP contribution < -0.4 is 16.4 Å². The lowest BCUT2D eigenvalue weighted by Gasteiger charge is -2.09. The summed E-state index contributed by atoms with van der Waals surface area (Å²) < 4.78 is 0. The minimum Gasteiger partial charge on any atom is -0.351 e. The third-order valence-electron chi connectivity index (χ3n) is 4.16. The first-order valence-corrected chi connectivity index (χ1v) is 9.91. The molecular weight excluding hydrogens is 402 g/mol. The number of aromatic nitrogens is 4. The van der Waals surface area contributed by atoms with E-state index in [0.717, 1.165) is 16.0 Å². The number of nitrogens with zero attached hydrogens (tertiary/aromatic N) is 3. The molecule has 0 spiro atoms. The summed E-state index contributed by atoms with van der Waals surface area (Å²) >= 11 is 1.56. The van der Waals surface area contributed by atoms with Crippen LogP contribution in [0.25, 0.3) is 11.0 Å². The molecule has 150 valence electrons. The number of benzene rings is 2. The zero-order valence-electron chi connectivity index (χ0n) is 15.6. The fourth-order valence-corrected chi connectivity index (χ4v) is 3.74. The average Bonchev–Trinajstić information content (AvgIpc) is 3.22. The summed E-state index contributed by atoms with van der Waals surface area (Å²) in [4.78, 5) is 32.0. The van der Waals surface area contributed by atoms with Gasteiger partial charge in [-0.3, -0.25) is 9.89 Å². The molecule has 10 heteroatoms. The highest BCUT2D eigenvalue weighted by Crippen LogP contribution is 2.27. The summed E-state index contributed by atoms with van der Waals surface area (Å²) in [5.74, 6) is 0.378. The standard InChI is InChI=1S/C20H17N7O2S/c21-20(29)26-15-6-2-4-13(8-15)18(28)25-14-5-1-3-12(7-14)10-30-19-16-9-24-27-17(16)22-11-23-19/h1-9,11H,10H2,(H,25,28)(H3,21,26,29)(H,22,23,24,27). The molecule has 0 bridgehead atoms. The van der Waals surface area contributed by atoms with Crippen molar-refractivity contribution in [3.8, 4) is 0 Å². The van der Waals surface area contributed by atoms with Gasteiger partial charge in [-0.05, 0) is 35.9 Å². The van der Waals surface area contributed by atoms with Crippen molar-refractivity contribution in [2.45, 2.75) is 10.8 Å². The topological polar surface area (TPSA) is 139 Å². The first-order valence-electron chi connectivity index (χ1n) is 8.92. The molecule has 4 rings (SSSR count). The van der Waals surface area contributed by atoms with Gasteiger partial charge in [-0.2, -0.15) is 5.10 Å². The molecule has 2 aromatic heterocycles. The largest absolute Gasteiger partial charge is 0.351 e. The lowest BCUT2D eigenvalue weighted by Crippen LogP contribution is -2.19. The Hall–Kier alpha value is -3.92. The van der Waals surface area contributed by atoms with Crippen molar-refractivity contribution >= 4 is 46.1 Å². The lowest BCUT2D eigenvalue weighted by atomic mass is 10.1. The lowest BCUT2D eigenvalue weighted by molar-refractivity contribution is 0.102. The smallest absolute Gasteiger partial charge is 0.316 e. The first kappa shape index (κ1) is 19.4. The van der Waals surface area contributed by atoms with Crippen LogP contribution in [0.4, 0.5) is 16.2 Å². The number of anilines is 2. The van der Waals surface area contributed by atoms with E-state index in [1.54, 1.807) is 42.2 Å². The molecule has 30 heavy (non-hydrogen) atoms. The van der Waals surface area contributed by atoms with Gasteiger partial charge in [0.15, 0.2) is 5.65 Å². The number of hydrogen-bond donors (Lipinski definition) is 4. The molecule has 0 aliphatic heterocycles. The maximum absolute atomic E-state index is 12.6. The van der Waals surface area contributed by atoms with Gasteiger partial charge in [0.2, 0.25) is 0 Å². The monoisotopic (exact) mass is 419 g/mol. The molecule has 0 fully saturated rings. The summed E-state index contributed by atoms with van der Waals surface area (Å²) in [6.45, 7) is 0. The van der Waals surface area contributed by atoms with Crippen molar-refractivity contribution in [1.82, 2.24) is 20.2 Å². The van der Waals surface area contributed by atoms with E-state index >= 15 is 0 Å². The third kappa shape index (κ3) is 4.55. The Morgan fingerprint density at radius 1 is 1.03 bits per heavy atom. The number of nitrogens with two attached hydrogens (primary N) is 1. The number of carbonyl (C=O) groups is 2. The van der Waals surface area contributed by atoms with Gasteiger partial charge in [-0.15, -0.1) is 11.8 Å². The van der Waals surface area contributed by atoms with E-state index in [1.165, 1.54) is 6.33 Å². The Morgan fingerprint density at radius 3 is 2.67 bits per heavy atom. The Kier molecular flexibility index (Phi) is 5.57. The van der Waals surface area contributed by atoms with Crippen LogP contribution in [0, 0.1) is 0 Å². The molecule has 0 atom stereocenters. The van der Waals surface area contributed by atoms with E-state index in [9.17, 15) is 9.59 Å². The van der Waals surface area contributed by atoms with Crippen LogP contribution in [0.15, 0.2) is 66.1 Å². The molecule has 2 aromatic carbocycles. The van der Waals surface area contributed by atoms with Crippen LogP contribution in [-0.2, 0) is 5.75 Å². The van der Waals surface area contributed by atoms with Crippen LogP contribution in [-0.4, -0.2) is 32.1 Å². The van der Waals surface area contributed by atoms with Crippen molar-refractivity contribution in [1.29, 1.82) is 0 Å². The fourth-order valence-electron chi connectivity index (χ4n) is 2.83. The number of thioether (sulfide) groups is 1. The number of aromatic amines is 1. The van der Waals surface area contributed by atoms with Crippen LogP contribution in [0.1, 0.15) is 15.9 Å². The van der Waals surface area contributed by atoms with Gasteiger partial charge in [0.1, 0.15) is 11.4 Å². The van der Waals surface area contributed by atoms with Gasteiger partial charge in [-0.25, -0.2) is 14.8 Å². The van der Waals surface area contributed by atoms with Crippen LogP contribution >= 0.6 is 11.8 Å². The molecule has 0 aliphatic carbocycles. The summed E-state index contributed by atoms with van der Waals surface area (Å²) in [5, 5.41) is 13.9. The van der Waals surface area contributed by atoms with E-state index in [1.807, 2.05) is 24.3 Å². The summed E-state index contributed by atoms with van der Waals surface area (Å²) in [5.41, 5.74) is 8.37. The number of rotatable bonds is 6. The molecule has 0 radical (unpaired) electrons. The fraction of sp³-hybridized carbons (Fsp3) is 0.0500. The van der Waals surface area contributed by atoms with Crippen LogP contribution in [0.5, 0.6) is 0 Å². The van der Waals surface area contributed by atoms with Crippen LogP contribution in [0.3, 0.4) is 0 Å². The van der Waals surface area contributed by atoms with E-state index in [-0.39, 0.29) is 5.91 Å². The maximum Gasteiger partial charge on any atom is 0.316 e. The van der Waals surface area contributed by atoms with Gasteiger partial charge in [-0.1, -0.05) is 18.2 Å². The normalized spacial score (nSPS) is 10.7. The summed E-state index contributed by atoms with van der Waals surface area (Å²) in [7, 11) is 0. The van der Waals surface area contributed by atoms with Gasteiger partial charge in [0.25, 0.3) is 5.91 Å². The molecule has 9 nitrogen and oxygen atoms in total. The number of urea groups is 1. The molecule has 0 saturated heterocycles. The van der Waals surface area contributed by atoms with E-state index < -0.39 is 6.03 Å². The molecule has 5 N–H and O–H groups in total. The minimum atomic E-state index is -0.686. The number of fused-ring (bicyclic) bond motifs is 1. The van der Waals surface area contributed by atoms with Gasteiger partial charge < -0.3 is 16.4 Å². The molecule has 2 heterocycles. The van der Waals surface area contributed by atoms with Gasteiger partial charge >= 0.3 is 6.03 Å². The predicted octanol–water partition coefficient (Wildman–Crippen LogP) is 3.39. The highest BCUT2D eigenvalue weighted by molar-refractivity contribution is 7.98. The molecule has 0 unspecified atom stereocenters. The zero-order valence-corrected chi connectivity index (χ0v) is 16.4. The van der Waals surface area contributed by atoms with E-state index in [4.69, 9.17) is 5.73 Å². The van der Waals surface area contributed by atoms with Crippen molar-refractivity contribution in [2.75, 3.05) is 10.6 Å². The highest BCUT2D eigenvalue weighted by Gasteiger charge is 2.09. The van der Waals surface area contributed by atoms with Gasteiger partial charge in [0.05, 0.1) is 11.6 Å². The number of H-pyrrole nitrogens is 1. The van der Waals surface area contributed by atoms with Crippen molar-refractivity contribution in [3.05, 3.63) is 72.2 Å². The molecule has 3 amide bonds. The Labute approximate surface area is 175 Å². The second-order valence-corrected chi connectivity index (χ2v) is 7.29. The van der Waals surface area contributed by atoms with Crippen LogP contribution in [0.2, 0.25) is 0 Å². The van der Waals surface area contributed by atoms with Crippen molar-refractivity contribution < 1.29 is 9.59 Å². The SMILES string of the molecule is NC(=O)Nc1cccc(C(=O)Nc2cccc(CSc3ncnc4[nH]ncc34)c2)c1. The second kappa shape index (κ2) is 8.62. The maximum atomic E-state index is 12.6. The number of hydrogen-bond acceptors (Lipinski definition) is 6. The Bertz CT molecular complexity index is 1220. The number of nitrogens with one attached hydrogen (secondary N) is 3. The zero-order chi connectivity index (χ0) is 20.9. The summed E-state index contributed by atoms with van der Waals surface area (Å²) in [6.07, 6.45) is 3.20. The van der Waals surface area contributed by atoms with Crippen molar-refractivity contribution in [2.24, 2.45) is 5.73 Å². The van der Waals surface area contributed by atoms with Gasteiger partial charge in [0, 0.05) is 22.7 Å². The second-order valence-electron chi connectivity index (χ2n) is 6.32. The quantitative estimate of drug-likeness (QED) is 0.279. The number of carbonyl (C=O) groups excluding carboxylic acids is 2. The van der Waals surface area contributed by atoms with Crippen molar-refractivity contribution in [3.63, 3.8) is 0 Å². The molecule has 0 saturated carbocycles. The first-order chi connectivity index (χ1) is 14.6. The van der Waals surface area contributed by atoms with E-state index in [0.29, 0.717) is 28.3 Å². The van der Waals surface area contributed by atoms with E-state index in [2.05, 4.69) is 30.8 Å².